The maximum absolute atomic E-state index is 6.30. The third kappa shape index (κ3) is 6.73. The molecular formula is C32H38N2O3. The highest BCUT2D eigenvalue weighted by molar-refractivity contribution is 5.53. The highest BCUT2D eigenvalue weighted by atomic mass is 16.5. The SMILES string of the molecule is COc1c(COc2ccccc2)ccc2c1OCC(CN1CCN(CC(C)=Cc3ccccc3)CC1)C2. The van der Waals surface area contributed by atoms with E-state index in [1.807, 2.05) is 30.3 Å². The summed E-state index contributed by atoms with van der Waals surface area (Å²) in [4.78, 5) is 5.17. The van der Waals surface area contributed by atoms with Crippen LogP contribution in [0.3, 0.4) is 0 Å². The Kier molecular flexibility index (Phi) is 8.44. The number of hydrogen-bond acceptors (Lipinski definition) is 5. The molecule has 0 amide bonds. The van der Waals surface area contributed by atoms with Crippen LogP contribution in [0.4, 0.5) is 0 Å². The molecule has 5 nitrogen and oxygen atoms in total. The zero-order valence-corrected chi connectivity index (χ0v) is 22.1. The number of fused-ring (bicyclic) bond motifs is 1. The molecule has 0 radical (unpaired) electrons. The molecule has 0 aliphatic carbocycles. The summed E-state index contributed by atoms with van der Waals surface area (Å²) in [7, 11) is 1.72. The van der Waals surface area contributed by atoms with Gasteiger partial charge in [-0.15, -0.1) is 0 Å². The van der Waals surface area contributed by atoms with Crippen molar-refractivity contribution in [1.29, 1.82) is 0 Å². The van der Waals surface area contributed by atoms with Gasteiger partial charge in [0.25, 0.3) is 0 Å². The second-order valence-electron chi connectivity index (χ2n) is 10.2. The summed E-state index contributed by atoms with van der Waals surface area (Å²) in [6, 6.07) is 24.8. The van der Waals surface area contributed by atoms with Crippen molar-refractivity contribution in [3.8, 4) is 17.2 Å². The molecule has 0 aromatic heterocycles. The van der Waals surface area contributed by atoms with Crippen LogP contribution in [0.5, 0.6) is 17.2 Å². The van der Waals surface area contributed by atoms with Gasteiger partial charge in [-0.05, 0) is 36.6 Å². The number of hydrogen-bond donors (Lipinski definition) is 0. The smallest absolute Gasteiger partial charge is 0.167 e. The van der Waals surface area contributed by atoms with Gasteiger partial charge in [0.1, 0.15) is 12.4 Å². The monoisotopic (exact) mass is 498 g/mol. The van der Waals surface area contributed by atoms with Gasteiger partial charge in [-0.25, -0.2) is 0 Å². The maximum atomic E-state index is 6.30. The van der Waals surface area contributed by atoms with Gasteiger partial charge >= 0.3 is 0 Å². The van der Waals surface area contributed by atoms with E-state index in [4.69, 9.17) is 14.2 Å². The highest BCUT2D eigenvalue weighted by Crippen LogP contribution is 2.39. The Balaban J connectivity index is 1.12. The summed E-state index contributed by atoms with van der Waals surface area (Å²) < 4.78 is 18.0. The van der Waals surface area contributed by atoms with Crippen molar-refractivity contribution in [2.24, 2.45) is 5.92 Å². The Morgan fingerprint density at radius 2 is 1.62 bits per heavy atom. The lowest BCUT2D eigenvalue weighted by Crippen LogP contribution is -2.49. The van der Waals surface area contributed by atoms with Gasteiger partial charge in [-0.3, -0.25) is 4.90 Å². The van der Waals surface area contributed by atoms with Crippen molar-refractivity contribution in [3.63, 3.8) is 0 Å². The summed E-state index contributed by atoms with van der Waals surface area (Å²) in [6.07, 6.45) is 3.32. The molecule has 1 fully saturated rings. The van der Waals surface area contributed by atoms with E-state index in [0.29, 0.717) is 12.5 Å². The minimum absolute atomic E-state index is 0.456. The number of rotatable bonds is 9. The van der Waals surface area contributed by atoms with E-state index in [9.17, 15) is 0 Å². The molecule has 0 N–H and O–H groups in total. The van der Waals surface area contributed by atoms with Crippen LogP contribution in [-0.4, -0.2) is 62.8 Å². The van der Waals surface area contributed by atoms with Crippen molar-refractivity contribution < 1.29 is 14.2 Å². The first-order chi connectivity index (χ1) is 18.2. The molecule has 3 aromatic rings. The Hall–Kier alpha value is -3.28. The zero-order valence-electron chi connectivity index (χ0n) is 22.1. The minimum atomic E-state index is 0.456. The maximum Gasteiger partial charge on any atom is 0.167 e. The van der Waals surface area contributed by atoms with Crippen molar-refractivity contribution in [1.82, 2.24) is 9.80 Å². The van der Waals surface area contributed by atoms with Crippen molar-refractivity contribution in [3.05, 3.63) is 95.1 Å². The summed E-state index contributed by atoms with van der Waals surface area (Å²) >= 11 is 0. The molecule has 2 aliphatic rings. The first kappa shape index (κ1) is 25.4. The molecule has 5 rings (SSSR count). The molecule has 2 aliphatic heterocycles. The molecule has 0 spiro atoms. The predicted molar refractivity (Wildman–Crippen MR) is 149 cm³/mol. The van der Waals surface area contributed by atoms with Gasteiger partial charge in [0.2, 0.25) is 0 Å². The fourth-order valence-electron chi connectivity index (χ4n) is 5.39. The Labute approximate surface area is 221 Å². The van der Waals surface area contributed by atoms with E-state index in [0.717, 1.165) is 75.1 Å². The first-order valence-corrected chi connectivity index (χ1v) is 13.3. The third-order valence-electron chi connectivity index (χ3n) is 7.26. The Morgan fingerprint density at radius 3 is 2.35 bits per heavy atom. The summed E-state index contributed by atoms with van der Waals surface area (Å²) in [6.45, 7) is 9.99. The van der Waals surface area contributed by atoms with Crippen LogP contribution in [0.25, 0.3) is 6.08 Å². The summed E-state index contributed by atoms with van der Waals surface area (Å²) in [5.74, 6) is 3.04. The molecule has 1 atom stereocenters. The fraction of sp³-hybridized carbons (Fsp3) is 0.375. The van der Waals surface area contributed by atoms with E-state index in [1.165, 1.54) is 16.7 Å². The van der Waals surface area contributed by atoms with Crippen LogP contribution >= 0.6 is 0 Å². The average Bonchev–Trinajstić information content (AvgIpc) is 2.93. The van der Waals surface area contributed by atoms with Crippen LogP contribution in [0.2, 0.25) is 0 Å². The Bertz CT molecular complexity index is 1170. The third-order valence-corrected chi connectivity index (χ3v) is 7.26. The van der Waals surface area contributed by atoms with Crippen LogP contribution in [0, 0.1) is 5.92 Å². The van der Waals surface area contributed by atoms with Crippen LogP contribution < -0.4 is 14.2 Å². The zero-order chi connectivity index (χ0) is 25.5. The number of benzene rings is 3. The second-order valence-corrected chi connectivity index (χ2v) is 10.2. The van der Waals surface area contributed by atoms with E-state index in [-0.39, 0.29) is 0 Å². The topological polar surface area (TPSA) is 34.2 Å². The van der Waals surface area contributed by atoms with Gasteiger partial charge in [0.15, 0.2) is 11.5 Å². The molecule has 3 aromatic carbocycles. The molecule has 2 heterocycles. The van der Waals surface area contributed by atoms with E-state index >= 15 is 0 Å². The molecular weight excluding hydrogens is 460 g/mol. The molecule has 0 bridgehead atoms. The highest BCUT2D eigenvalue weighted by Gasteiger charge is 2.27. The predicted octanol–water partition coefficient (Wildman–Crippen LogP) is 5.55. The number of ether oxygens (including phenoxy) is 3. The van der Waals surface area contributed by atoms with Crippen molar-refractivity contribution in [2.45, 2.75) is 20.0 Å². The van der Waals surface area contributed by atoms with E-state index < -0.39 is 0 Å². The average molecular weight is 499 g/mol. The lowest BCUT2D eigenvalue weighted by molar-refractivity contribution is 0.103. The minimum Gasteiger partial charge on any atom is -0.492 e. The second kappa shape index (κ2) is 12.3. The van der Waals surface area contributed by atoms with Gasteiger partial charge in [-0.2, -0.15) is 0 Å². The summed E-state index contributed by atoms with van der Waals surface area (Å²) in [5.41, 5.74) is 4.94. The summed E-state index contributed by atoms with van der Waals surface area (Å²) in [5, 5.41) is 0. The van der Waals surface area contributed by atoms with E-state index in [1.54, 1.807) is 7.11 Å². The fourth-order valence-corrected chi connectivity index (χ4v) is 5.39. The van der Waals surface area contributed by atoms with Crippen LogP contribution in [0.15, 0.2) is 78.4 Å². The number of para-hydroxylation sites is 1. The number of piperazine rings is 1. The van der Waals surface area contributed by atoms with Crippen molar-refractivity contribution >= 4 is 6.08 Å². The molecule has 5 heteroatoms. The van der Waals surface area contributed by atoms with E-state index in [2.05, 4.69) is 65.3 Å². The normalized spacial score (nSPS) is 18.6. The van der Waals surface area contributed by atoms with Gasteiger partial charge in [-0.1, -0.05) is 72.3 Å². The molecule has 1 unspecified atom stereocenters. The lowest BCUT2D eigenvalue weighted by Gasteiger charge is -2.37. The standard InChI is InChI=1S/C32H38N2O3/c1-25(19-26-9-5-3-6-10-26)21-33-15-17-34(18-16-33)22-27-20-28-13-14-29(31(35-2)32(28)37-23-27)24-36-30-11-7-4-8-12-30/h3-14,19,27H,15-18,20-24H2,1-2H3. The first-order valence-electron chi connectivity index (χ1n) is 13.3. The van der Waals surface area contributed by atoms with Crippen LogP contribution in [-0.2, 0) is 13.0 Å². The quantitative estimate of drug-likeness (QED) is 0.387. The lowest BCUT2D eigenvalue weighted by atomic mass is 9.94. The van der Waals surface area contributed by atoms with Gasteiger partial charge in [0.05, 0.1) is 13.7 Å². The number of nitrogens with zero attached hydrogens (tertiary/aromatic N) is 2. The number of methoxy groups -OCH3 is 1. The van der Waals surface area contributed by atoms with Gasteiger partial charge in [0, 0.05) is 50.7 Å². The Morgan fingerprint density at radius 1 is 0.919 bits per heavy atom. The molecule has 0 saturated carbocycles. The molecule has 1 saturated heterocycles. The van der Waals surface area contributed by atoms with Gasteiger partial charge < -0.3 is 19.1 Å². The van der Waals surface area contributed by atoms with Crippen molar-refractivity contribution in [2.75, 3.05) is 53.0 Å². The largest absolute Gasteiger partial charge is 0.492 e. The van der Waals surface area contributed by atoms with Crippen LogP contribution in [0.1, 0.15) is 23.6 Å². The molecule has 194 valence electrons. The molecule has 37 heavy (non-hydrogen) atoms.